The van der Waals surface area contributed by atoms with Gasteiger partial charge in [-0.1, -0.05) is 160 Å². The Hall–Kier alpha value is -2.04. The summed E-state index contributed by atoms with van der Waals surface area (Å²) in [5.74, 6) is -2.37. The molecular formula is C42H78NO10P. The summed E-state index contributed by atoms with van der Waals surface area (Å²) in [6.45, 7) is 2.53. The predicted molar refractivity (Wildman–Crippen MR) is 217 cm³/mol. The zero-order chi connectivity index (χ0) is 40.0. The van der Waals surface area contributed by atoms with Gasteiger partial charge in [-0.25, -0.2) is 9.36 Å². The Balaban J connectivity index is 3.82. The van der Waals surface area contributed by atoms with Gasteiger partial charge >= 0.3 is 19.8 Å². The maximum Gasteiger partial charge on any atom is 0.472 e. The molecule has 0 aliphatic heterocycles. The molecule has 3 atom stereocenters. The summed E-state index contributed by atoms with van der Waals surface area (Å²) in [5.41, 5.74) is 0. The number of aliphatic hydroxyl groups excluding tert-OH is 1. The fraction of sp³-hybridized carbons (Fsp3) is 0.833. The number of carboxylic acids is 1. The highest BCUT2D eigenvalue weighted by atomic mass is 31.2. The van der Waals surface area contributed by atoms with Crippen molar-refractivity contribution in [2.75, 3.05) is 19.8 Å². The van der Waals surface area contributed by atoms with Crippen molar-refractivity contribution in [3.05, 3.63) is 24.3 Å². The molecule has 54 heavy (non-hydrogen) atoms. The van der Waals surface area contributed by atoms with E-state index < -0.39 is 57.6 Å². The van der Waals surface area contributed by atoms with E-state index in [1.54, 1.807) is 0 Å². The van der Waals surface area contributed by atoms with Crippen LogP contribution in [-0.2, 0) is 32.7 Å². The van der Waals surface area contributed by atoms with E-state index in [0.717, 1.165) is 44.9 Å². The van der Waals surface area contributed by atoms with Gasteiger partial charge in [0, 0.05) is 12.8 Å². The molecule has 0 aromatic carbocycles. The zero-order valence-electron chi connectivity index (χ0n) is 34.0. The van der Waals surface area contributed by atoms with Crippen LogP contribution in [-0.4, -0.2) is 64.9 Å². The van der Waals surface area contributed by atoms with Crippen molar-refractivity contribution in [1.82, 2.24) is 5.32 Å². The van der Waals surface area contributed by atoms with Crippen molar-refractivity contribution < 1.29 is 47.8 Å². The summed E-state index contributed by atoms with van der Waals surface area (Å²) in [5, 5.41) is 21.7. The van der Waals surface area contributed by atoms with Gasteiger partial charge in [0.25, 0.3) is 0 Å². The molecule has 1 amide bonds. The van der Waals surface area contributed by atoms with Gasteiger partial charge in [0.05, 0.1) is 13.2 Å². The number of carboxylic acid groups (broad SMARTS) is 1. The van der Waals surface area contributed by atoms with Crippen LogP contribution in [0.1, 0.15) is 194 Å². The van der Waals surface area contributed by atoms with Crippen LogP contribution in [0, 0.1) is 0 Å². The van der Waals surface area contributed by atoms with Crippen molar-refractivity contribution in [2.45, 2.75) is 206 Å². The lowest BCUT2D eigenvalue weighted by Gasteiger charge is -2.18. The van der Waals surface area contributed by atoms with E-state index in [4.69, 9.17) is 13.8 Å². The number of phosphoric acid groups is 1. The number of nitrogens with one attached hydrogen (secondary N) is 1. The van der Waals surface area contributed by atoms with Crippen molar-refractivity contribution in [1.29, 1.82) is 0 Å². The van der Waals surface area contributed by atoms with Gasteiger partial charge < -0.3 is 25.2 Å². The minimum atomic E-state index is -4.75. The second kappa shape index (κ2) is 37.9. The van der Waals surface area contributed by atoms with Crippen LogP contribution >= 0.6 is 7.82 Å². The highest BCUT2D eigenvalue weighted by Gasteiger charge is 2.28. The van der Waals surface area contributed by atoms with E-state index in [-0.39, 0.29) is 12.8 Å². The van der Waals surface area contributed by atoms with Gasteiger partial charge in [-0.3, -0.25) is 18.6 Å². The van der Waals surface area contributed by atoms with Crippen LogP contribution in [0.4, 0.5) is 0 Å². The Morgan fingerprint density at radius 3 is 1.54 bits per heavy atom. The second-order valence-corrected chi connectivity index (χ2v) is 16.0. The minimum Gasteiger partial charge on any atom is -0.480 e. The highest BCUT2D eigenvalue weighted by molar-refractivity contribution is 7.47. The zero-order valence-corrected chi connectivity index (χ0v) is 34.9. The van der Waals surface area contributed by atoms with Crippen LogP contribution in [0.15, 0.2) is 24.3 Å². The maximum atomic E-state index is 12.2. The molecule has 0 spiro atoms. The average molecular weight is 788 g/mol. The van der Waals surface area contributed by atoms with Gasteiger partial charge in [-0.05, 0) is 44.9 Å². The first kappa shape index (κ1) is 52.0. The third-order valence-corrected chi connectivity index (χ3v) is 10.2. The number of amides is 1. The molecule has 316 valence electrons. The molecule has 3 unspecified atom stereocenters. The molecule has 0 rings (SSSR count). The number of unbranched alkanes of at least 4 members (excludes halogenated alkanes) is 22. The molecular weight excluding hydrogens is 709 g/mol. The highest BCUT2D eigenvalue weighted by Crippen LogP contribution is 2.43. The first-order valence-corrected chi connectivity index (χ1v) is 22.9. The van der Waals surface area contributed by atoms with E-state index in [2.05, 4.69) is 43.5 Å². The summed E-state index contributed by atoms with van der Waals surface area (Å²) < 4.78 is 26.8. The fourth-order valence-corrected chi connectivity index (χ4v) is 6.65. The number of allylic oxidation sites excluding steroid dienone is 4. The first-order valence-electron chi connectivity index (χ1n) is 21.4. The lowest BCUT2D eigenvalue weighted by molar-refractivity contribution is -0.147. The molecule has 0 aliphatic carbocycles. The second-order valence-electron chi connectivity index (χ2n) is 14.5. The molecule has 0 radical (unpaired) electrons. The molecule has 4 N–H and O–H groups in total. The number of rotatable bonds is 40. The number of phosphoric ester groups is 1. The summed E-state index contributed by atoms with van der Waals surface area (Å²) in [4.78, 5) is 45.7. The van der Waals surface area contributed by atoms with E-state index in [1.165, 1.54) is 109 Å². The van der Waals surface area contributed by atoms with E-state index >= 15 is 0 Å². The standard InChI is InChI=1S/C42H78NO10P/c1-3-5-7-9-11-13-14-15-16-17-18-19-20-21-22-23-24-26-28-30-32-34-41(46)51-35-38(44)36-52-54(49,50)53-37-39(42(47)48)43-40(45)33-31-29-27-25-12-10-8-6-4-2/h11,13,15-16,38-39,44H,3-10,12,14,17-37H2,1-2H3,(H,43,45)(H,47,48)(H,49,50)/b13-11-,16-15-. The van der Waals surface area contributed by atoms with Crippen molar-refractivity contribution in [3.8, 4) is 0 Å². The fourth-order valence-electron chi connectivity index (χ4n) is 5.87. The van der Waals surface area contributed by atoms with Gasteiger partial charge in [-0.2, -0.15) is 0 Å². The third-order valence-electron chi connectivity index (χ3n) is 9.24. The number of ether oxygens (including phenoxy) is 1. The number of carbonyl (C=O) groups is 3. The summed E-state index contributed by atoms with van der Waals surface area (Å²) in [7, 11) is -4.75. The van der Waals surface area contributed by atoms with Crippen molar-refractivity contribution in [3.63, 3.8) is 0 Å². The summed E-state index contributed by atoms with van der Waals surface area (Å²) in [6, 6.07) is -1.54. The number of aliphatic carboxylic acids is 1. The average Bonchev–Trinajstić information content (AvgIpc) is 3.14. The lowest BCUT2D eigenvalue weighted by atomic mass is 10.0. The molecule has 0 saturated carbocycles. The van der Waals surface area contributed by atoms with Crippen LogP contribution in [0.3, 0.4) is 0 Å². The Bertz CT molecular complexity index is 1020. The first-order chi connectivity index (χ1) is 26.1. The number of hydrogen-bond donors (Lipinski definition) is 4. The van der Waals surface area contributed by atoms with Crippen molar-refractivity contribution >= 4 is 25.7 Å². The largest absolute Gasteiger partial charge is 0.480 e. The number of hydrogen-bond acceptors (Lipinski definition) is 8. The number of esters is 1. The minimum absolute atomic E-state index is 0.148. The molecule has 0 heterocycles. The van der Waals surface area contributed by atoms with E-state index in [9.17, 15) is 34.1 Å². The monoisotopic (exact) mass is 788 g/mol. The number of aliphatic hydroxyl groups is 1. The van der Waals surface area contributed by atoms with Gasteiger partial charge in [0.15, 0.2) is 6.04 Å². The van der Waals surface area contributed by atoms with Gasteiger partial charge in [0.1, 0.15) is 12.7 Å². The van der Waals surface area contributed by atoms with Crippen LogP contribution in [0.5, 0.6) is 0 Å². The number of carbonyl (C=O) groups excluding carboxylic acids is 2. The van der Waals surface area contributed by atoms with E-state index in [1.807, 2.05) is 0 Å². The van der Waals surface area contributed by atoms with Gasteiger partial charge in [-0.15, -0.1) is 0 Å². The Labute approximate surface area is 328 Å². The molecule has 0 aromatic heterocycles. The normalized spacial score (nSPS) is 14.0. The lowest BCUT2D eigenvalue weighted by Crippen LogP contribution is -2.43. The van der Waals surface area contributed by atoms with Gasteiger partial charge in [0.2, 0.25) is 5.91 Å². The molecule has 0 aromatic rings. The SMILES string of the molecule is CCCCC/C=C\C/C=C\CCCCCCCCCCCCCC(=O)OCC(O)COP(=O)(O)OCC(NC(=O)CCCCCCCCCCC)C(=O)O. The van der Waals surface area contributed by atoms with E-state index in [0.29, 0.717) is 12.8 Å². The van der Waals surface area contributed by atoms with Crippen LogP contribution in [0.25, 0.3) is 0 Å². The van der Waals surface area contributed by atoms with Crippen molar-refractivity contribution in [2.24, 2.45) is 0 Å². The molecule has 0 saturated heterocycles. The molecule has 0 bridgehead atoms. The smallest absolute Gasteiger partial charge is 0.472 e. The van der Waals surface area contributed by atoms with Crippen LogP contribution in [0.2, 0.25) is 0 Å². The topological polar surface area (TPSA) is 169 Å². The molecule has 12 heteroatoms. The Morgan fingerprint density at radius 2 is 1.02 bits per heavy atom. The van der Waals surface area contributed by atoms with Crippen LogP contribution < -0.4 is 5.32 Å². The molecule has 11 nitrogen and oxygen atoms in total. The summed E-state index contributed by atoms with van der Waals surface area (Å²) in [6.07, 6.45) is 37.9. The molecule has 0 aliphatic rings. The third kappa shape index (κ3) is 36.9. The quantitative estimate of drug-likeness (QED) is 0.0203. The Morgan fingerprint density at radius 1 is 0.593 bits per heavy atom. The summed E-state index contributed by atoms with van der Waals surface area (Å²) >= 11 is 0. The Kier molecular flexibility index (Phi) is 36.4. The maximum absolute atomic E-state index is 12.2. The predicted octanol–water partition coefficient (Wildman–Crippen LogP) is 10.7. The molecule has 0 fully saturated rings.